The van der Waals surface area contributed by atoms with Gasteiger partial charge in [-0.15, -0.1) is 0 Å². The van der Waals surface area contributed by atoms with Gasteiger partial charge in [-0.25, -0.2) is 0 Å². The molecule has 0 atom stereocenters. The summed E-state index contributed by atoms with van der Waals surface area (Å²) in [5, 5.41) is 3.13. The maximum absolute atomic E-state index is 5.55. The maximum atomic E-state index is 5.55. The van der Waals surface area contributed by atoms with Crippen LogP contribution < -0.4 is 15.0 Å². The molecule has 1 aromatic rings. The number of hydrogen-bond donors (Lipinski definition) is 1. The number of anilines is 2. The second-order valence-electron chi connectivity index (χ2n) is 4.70. The topological polar surface area (TPSA) is 63.2 Å². The van der Waals surface area contributed by atoms with Gasteiger partial charge in [0.2, 0.25) is 11.9 Å². The maximum Gasteiger partial charge on any atom is 0.323 e. The van der Waals surface area contributed by atoms with Crippen molar-refractivity contribution in [3.8, 4) is 6.01 Å². The Kier molecular flexibility index (Phi) is 7.04. The molecule has 0 aliphatic rings. The van der Waals surface area contributed by atoms with Crippen molar-refractivity contribution in [2.75, 3.05) is 30.4 Å². The third kappa shape index (κ3) is 4.51. The second-order valence-corrected chi connectivity index (χ2v) is 4.70. The molecule has 0 aliphatic heterocycles. The van der Waals surface area contributed by atoms with Crippen LogP contribution in [0.4, 0.5) is 11.9 Å². The Morgan fingerprint density at radius 3 is 2.35 bits per heavy atom. The van der Waals surface area contributed by atoms with E-state index in [1.807, 2.05) is 14.0 Å². The SMILES string of the molecule is CCCOc1nc(NCC)nc(N(C)C(CC)CC)n1. The van der Waals surface area contributed by atoms with Crippen LogP contribution in [0.25, 0.3) is 0 Å². The van der Waals surface area contributed by atoms with Gasteiger partial charge in [0.25, 0.3) is 0 Å². The molecule has 0 bridgehead atoms. The smallest absolute Gasteiger partial charge is 0.323 e. The molecule has 0 aromatic carbocycles. The summed E-state index contributed by atoms with van der Waals surface area (Å²) in [6, 6.07) is 0.816. The van der Waals surface area contributed by atoms with Gasteiger partial charge in [0.1, 0.15) is 0 Å². The van der Waals surface area contributed by atoms with E-state index in [1.165, 1.54) is 0 Å². The van der Waals surface area contributed by atoms with E-state index in [-0.39, 0.29) is 0 Å². The largest absolute Gasteiger partial charge is 0.463 e. The summed E-state index contributed by atoms with van der Waals surface area (Å²) in [7, 11) is 2.02. The van der Waals surface area contributed by atoms with Crippen LogP contribution in [0.2, 0.25) is 0 Å². The van der Waals surface area contributed by atoms with Crippen molar-refractivity contribution in [3.05, 3.63) is 0 Å². The van der Waals surface area contributed by atoms with Crippen molar-refractivity contribution >= 4 is 11.9 Å². The first-order valence-corrected chi connectivity index (χ1v) is 7.51. The van der Waals surface area contributed by atoms with Crippen LogP contribution in [0, 0.1) is 0 Å². The van der Waals surface area contributed by atoms with Gasteiger partial charge >= 0.3 is 6.01 Å². The van der Waals surface area contributed by atoms with Crippen molar-refractivity contribution in [1.29, 1.82) is 0 Å². The number of nitrogens with one attached hydrogen (secondary N) is 1. The molecule has 1 rings (SSSR count). The monoisotopic (exact) mass is 281 g/mol. The molecule has 1 aromatic heterocycles. The lowest BCUT2D eigenvalue weighted by Gasteiger charge is -2.26. The summed E-state index contributed by atoms with van der Waals surface area (Å²) in [4.78, 5) is 15.2. The molecule has 114 valence electrons. The summed E-state index contributed by atoms with van der Waals surface area (Å²) in [5.74, 6) is 1.23. The lowest BCUT2D eigenvalue weighted by molar-refractivity contribution is 0.291. The first kappa shape index (κ1) is 16.5. The van der Waals surface area contributed by atoms with Gasteiger partial charge in [0.15, 0.2) is 0 Å². The summed E-state index contributed by atoms with van der Waals surface area (Å²) in [5.41, 5.74) is 0. The van der Waals surface area contributed by atoms with Crippen LogP contribution in [0.3, 0.4) is 0 Å². The average molecular weight is 281 g/mol. The Morgan fingerprint density at radius 2 is 1.80 bits per heavy atom. The van der Waals surface area contributed by atoms with Crippen molar-refractivity contribution in [3.63, 3.8) is 0 Å². The molecule has 0 aliphatic carbocycles. The Balaban J connectivity index is 3.00. The van der Waals surface area contributed by atoms with Crippen molar-refractivity contribution < 1.29 is 4.74 Å². The lowest BCUT2D eigenvalue weighted by atomic mass is 10.1. The van der Waals surface area contributed by atoms with Crippen molar-refractivity contribution in [1.82, 2.24) is 15.0 Å². The number of hydrogen-bond acceptors (Lipinski definition) is 6. The molecule has 0 fully saturated rings. The van der Waals surface area contributed by atoms with E-state index in [4.69, 9.17) is 4.74 Å². The van der Waals surface area contributed by atoms with Gasteiger partial charge in [0, 0.05) is 19.6 Å². The fourth-order valence-corrected chi connectivity index (χ4v) is 2.00. The van der Waals surface area contributed by atoms with E-state index in [0.717, 1.165) is 25.8 Å². The molecular formula is C14H27N5O. The summed E-state index contributed by atoms with van der Waals surface area (Å²) in [6.45, 7) is 9.80. The average Bonchev–Trinajstić information content (AvgIpc) is 2.46. The molecule has 0 radical (unpaired) electrons. The second kappa shape index (κ2) is 8.55. The molecule has 20 heavy (non-hydrogen) atoms. The van der Waals surface area contributed by atoms with Crippen LogP contribution in [-0.4, -0.2) is 41.2 Å². The normalized spacial score (nSPS) is 10.7. The van der Waals surface area contributed by atoms with Gasteiger partial charge in [-0.3, -0.25) is 0 Å². The molecule has 6 heteroatoms. The van der Waals surface area contributed by atoms with Gasteiger partial charge in [-0.1, -0.05) is 20.8 Å². The highest BCUT2D eigenvalue weighted by molar-refractivity contribution is 5.38. The van der Waals surface area contributed by atoms with Gasteiger partial charge in [-0.05, 0) is 26.2 Å². The van der Waals surface area contributed by atoms with Crippen LogP contribution >= 0.6 is 0 Å². The van der Waals surface area contributed by atoms with E-state index in [9.17, 15) is 0 Å². The Morgan fingerprint density at radius 1 is 1.10 bits per heavy atom. The quantitative estimate of drug-likeness (QED) is 0.751. The number of rotatable bonds is 9. The Hall–Kier alpha value is -1.59. The Bertz CT molecular complexity index is 395. The minimum absolute atomic E-state index is 0.394. The zero-order valence-corrected chi connectivity index (χ0v) is 13.3. The molecule has 0 unspecified atom stereocenters. The fraction of sp³-hybridized carbons (Fsp3) is 0.786. The van der Waals surface area contributed by atoms with Crippen molar-refractivity contribution in [2.45, 2.75) is 53.0 Å². The minimum Gasteiger partial charge on any atom is -0.463 e. The zero-order chi connectivity index (χ0) is 15.0. The Labute approximate surface area is 122 Å². The van der Waals surface area contributed by atoms with E-state index in [1.54, 1.807) is 0 Å². The van der Waals surface area contributed by atoms with E-state index < -0.39 is 0 Å². The zero-order valence-electron chi connectivity index (χ0n) is 13.3. The molecule has 6 nitrogen and oxygen atoms in total. The molecule has 0 saturated carbocycles. The molecule has 0 spiro atoms. The lowest BCUT2D eigenvalue weighted by Crippen LogP contribution is -2.32. The van der Waals surface area contributed by atoms with E-state index >= 15 is 0 Å². The summed E-state index contributed by atoms with van der Waals surface area (Å²) < 4.78 is 5.55. The van der Waals surface area contributed by atoms with Crippen LogP contribution in [0.5, 0.6) is 6.01 Å². The number of nitrogens with zero attached hydrogens (tertiary/aromatic N) is 4. The summed E-state index contributed by atoms with van der Waals surface area (Å²) >= 11 is 0. The van der Waals surface area contributed by atoms with Crippen LogP contribution in [-0.2, 0) is 0 Å². The van der Waals surface area contributed by atoms with Gasteiger partial charge in [0.05, 0.1) is 6.61 Å². The number of aromatic nitrogens is 3. The standard InChI is InChI=1S/C14H27N5O/c1-6-10-20-14-17-12(15-9-4)16-13(18-14)19(5)11(7-2)8-3/h11H,6-10H2,1-5H3,(H,15,16,17,18). The summed E-state index contributed by atoms with van der Waals surface area (Å²) in [6.07, 6.45) is 3.04. The van der Waals surface area contributed by atoms with Crippen LogP contribution in [0.15, 0.2) is 0 Å². The predicted octanol–water partition coefficient (Wildman–Crippen LogP) is 2.72. The third-order valence-electron chi connectivity index (χ3n) is 3.18. The minimum atomic E-state index is 0.394. The van der Waals surface area contributed by atoms with E-state index in [2.05, 4.69) is 45.9 Å². The molecule has 0 saturated heterocycles. The molecule has 0 amide bonds. The third-order valence-corrected chi connectivity index (χ3v) is 3.18. The molecular weight excluding hydrogens is 254 g/mol. The van der Waals surface area contributed by atoms with Gasteiger partial charge < -0.3 is 15.0 Å². The predicted molar refractivity (Wildman–Crippen MR) is 82.5 cm³/mol. The fourth-order valence-electron chi connectivity index (χ4n) is 2.00. The van der Waals surface area contributed by atoms with Gasteiger partial charge in [-0.2, -0.15) is 15.0 Å². The first-order valence-electron chi connectivity index (χ1n) is 7.51. The highest BCUT2D eigenvalue weighted by Gasteiger charge is 2.16. The van der Waals surface area contributed by atoms with Crippen molar-refractivity contribution in [2.24, 2.45) is 0 Å². The molecule has 1 heterocycles. The number of ether oxygens (including phenoxy) is 1. The highest BCUT2D eigenvalue weighted by atomic mass is 16.5. The molecule has 1 N–H and O–H groups in total. The van der Waals surface area contributed by atoms with E-state index in [0.29, 0.717) is 30.6 Å². The van der Waals surface area contributed by atoms with Crippen LogP contribution in [0.1, 0.15) is 47.0 Å². The first-order chi connectivity index (χ1) is 9.65. The highest BCUT2D eigenvalue weighted by Crippen LogP contribution is 2.18.